The lowest BCUT2D eigenvalue weighted by Gasteiger charge is -2.18. The number of benzene rings is 1. The second-order valence-corrected chi connectivity index (χ2v) is 5.83. The van der Waals surface area contributed by atoms with Crippen molar-refractivity contribution in [2.24, 2.45) is 0 Å². The molecule has 3 rings (SSSR count). The number of aryl methyl sites for hydroxylation is 1. The molecule has 0 atom stereocenters. The number of halogens is 1. The summed E-state index contributed by atoms with van der Waals surface area (Å²) < 4.78 is 18.5. The van der Waals surface area contributed by atoms with Gasteiger partial charge in [0.25, 0.3) is 0 Å². The molecule has 122 valence electrons. The van der Waals surface area contributed by atoms with Crippen LogP contribution >= 0.6 is 0 Å². The van der Waals surface area contributed by atoms with Gasteiger partial charge in [0.2, 0.25) is 0 Å². The molecular weight excluding hydrogens is 295 g/mol. The van der Waals surface area contributed by atoms with Crippen LogP contribution in [0.2, 0.25) is 0 Å². The Balaban J connectivity index is 2.08. The molecule has 0 saturated carbocycles. The third-order valence-corrected chi connectivity index (χ3v) is 4.39. The average Bonchev–Trinajstić information content (AvgIpc) is 2.91. The molecule has 2 heterocycles. The van der Waals surface area contributed by atoms with Gasteiger partial charge >= 0.3 is 5.97 Å². The Morgan fingerprint density at radius 2 is 2.26 bits per heavy atom. The minimum atomic E-state index is -0.318. The van der Waals surface area contributed by atoms with E-state index >= 15 is 0 Å². The van der Waals surface area contributed by atoms with Crippen LogP contribution in [0.4, 0.5) is 4.39 Å². The van der Waals surface area contributed by atoms with Crippen molar-refractivity contribution in [3.05, 3.63) is 47.0 Å². The molecule has 0 aliphatic carbocycles. The monoisotopic (exact) mass is 316 g/mol. The van der Waals surface area contributed by atoms with E-state index in [2.05, 4.69) is 16.8 Å². The summed E-state index contributed by atoms with van der Waals surface area (Å²) in [7, 11) is 1.40. The molecule has 1 aliphatic heterocycles. The maximum Gasteiger partial charge on any atom is 0.335 e. The zero-order valence-corrected chi connectivity index (χ0v) is 13.5. The number of carbonyl (C=O) groups is 1. The Morgan fingerprint density at radius 1 is 1.43 bits per heavy atom. The van der Waals surface area contributed by atoms with Gasteiger partial charge in [0.05, 0.1) is 12.7 Å². The molecule has 1 aromatic carbocycles. The number of H-pyrrole nitrogens is 1. The van der Waals surface area contributed by atoms with Crippen LogP contribution in [-0.2, 0) is 22.4 Å². The van der Waals surface area contributed by atoms with Crippen molar-refractivity contribution < 1.29 is 13.9 Å². The van der Waals surface area contributed by atoms with Gasteiger partial charge in [-0.05, 0) is 43.5 Å². The minimum Gasteiger partial charge on any atom is -0.466 e. The standard InChI is InChI=1S/C18H21FN2O2/c1-3-21-8-4-5-14-15-10-13(19)6-7-16(15)20-17(14)9-12(11-21)18(22)23-2/h6-7,10-11,20H,3-5,8-9H2,1-2H3/b12-11+. The van der Waals surface area contributed by atoms with Crippen molar-refractivity contribution >= 4 is 16.9 Å². The van der Waals surface area contributed by atoms with Gasteiger partial charge in [-0.2, -0.15) is 0 Å². The summed E-state index contributed by atoms with van der Waals surface area (Å²) in [4.78, 5) is 17.6. The highest BCUT2D eigenvalue weighted by Crippen LogP contribution is 2.28. The summed E-state index contributed by atoms with van der Waals surface area (Å²) in [5, 5.41) is 0.911. The Bertz CT molecular complexity index is 764. The van der Waals surface area contributed by atoms with Crippen molar-refractivity contribution in [1.82, 2.24) is 9.88 Å². The summed E-state index contributed by atoms with van der Waals surface area (Å²) in [5.74, 6) is -0.556. The lowest BCUT2D eigenvalue weighted by atomic mass is 10.0. The average molecular weight is 316 g/mol. The second-order valence-electron chi connectivity index (χ2n) is 5.83. The van der Waals surface area contributed by atoms with E-state index in [1.54, 1.807) is 12.1 Å². The fourth-order valence-electron chi connectivity index (χ4n) is 3.20. The molecule has 0 spiro atoms. The molecule has 1 aromatic heterocycles. The van der Waals surface area contributed by atoms with Crippen LogP contribution in [-0.4, -0.2) is 36.1 Å². The van der Waals surface area contributed by atoms with Gasteiger partial charge in [-0.25, -0.2) is 9.18 Å². The third-order valence-electron chi connectivity index (χ3n) is 4.39. The normalized spacial score (nSPS) is 17.7. The topological polar surface area (TPSA) is 45.3 Å². The first-order valence-corrected chi connectivity index (χ1v) is 7.94. The molecule has 1 aliphatic rings. The van der Waals surface area contributed by atoms with Gasteiger partial charge in [-0.15, -0.1) is 0 Å². The first-order chi connectivity index (χ1) is 11.1. The molecule has 0 saturated heterocycles. The molecule has 0 bridgehead atoms. The Labute approximate surface area is 134 Å². The predicted molar refractivity (Wildman–Crippen MR) is 87.6 cm³/mol. The van der Waals surface area contributed by atoms with Crippen molar-refractivity contribution in [1.29, 1.82) is 0 Å². The summed E-state index contributed by atoms with van der Waals surface area (Å²) >= 11 is 0. The molecule has 0 radical (unpaired) electrons. The van der Waals surface area contributed by atoms with Crippen LogP contribution < -0.4 is 0 Å². The van der Waals surface area contributed by atoms with E-state index in [4.69, 9.17) is 4.74 Å². The van der Waals surface area contributed by atoms with E-state index in [0.29, 0.717) is 12.0 Å². The number of hydrogen-bond acceptors (Lipinski definition) is 3. The van der Waals surface area contributed by atoms with Gasteiger partial charge in [-0.3, -0.25) is 0 Å². The van der Waals surface area contributed by atoms with Crippen LogP contribution in [0.15, 0.2) is 30.0 Å². The highest BCUT2D eigenvalue weighted by Gasteiger charge is 2.20. The molecule has 0 unspecified atom stereocenters. The van der Waals surface area contributed by atoms with Crippen LogP contribution in [0.3, 0.4) is 0 Å². The van der Waals surface area contributed by atoms with Gasteiger partial charge in [0, 0.05) is 42.3 Å². The Morgan fingerprint density at radius 3 is 3.00 bits per heavy atom. The molecule has 0 fully saturated rings. The minimum absolute atomic E-state index is 0.238. The van der Waals surface area contributed by atoms with Crippen molar-refractivity contribution in [3.8, 4) is 0 Å². The Hall–Kier alpha value is -2.30. The van der Waals surface area contributed by atoms with Crippen LogP contribution in [0.5, 0.6) is 0 Å². The second kappa shape index (κ2) is 6.44. The smallest absolute Gasteiger partial charge is 0.335 e. The number of nitrogens with zero attached hydrogens (tertiary/aromatic N) is 1. The third kappa shape index (κ3) is 3.09. The molecular formula is C18H21FN2O2. The maximum atomic E-state index is 13.6. The van der Waals surface area contributed by atoms with Gasteiger partial charge in [0.15, 0.2) is 0 Å². The maximum absolute atomic E-state index is 13.6. The lowest BCUT2D eigenvalue weighted by molar-refractivity contribution is -0.136. The number of esters is 1. The van der Waals surface area contributed by atoms with Gasteiger partial charge in [0.1, 0.15) is 5.82 Å². The van der Waals surface area contributed by atoms with Crippen LogP contribution in [0.1, 0.15) is 24.6 Å². The Kier molecular flexibility index (Phi) is 4.37. The quantitative estimate of drug-likeness (QED) is 0.866. The number of aromatic nitrogens is 1. The number of nitrogens with one attached hydrogen (secondary N) is 1. The molecule has 4 nitrogen and oxygen atoms in total. The van der Waals surface area contributed by atoms with Gasteiger partial charge < -0.3 is 14.6 Å². The number of fused-ring (bicyclic) bond motifs is 3. The molecule has 0 amide bonds. The predicted octanol–water partition coefficient (Wildman–Crippen LogP) is 3.17. The summed E-state index contributed by atoms with van der Waals surface area (Å²) in [6.07, 6.45) is 4.18. The van der Waals surface area contributed by atoms with E-state index in [1.165, 1.54) is 13.2 Å². The van der Waals surface area contributed by atoms with E-state index in [0.717, 1.165) is 48.1 Å². The first-order valence-electron chi connectivity index (χ1n) is 7.94. The number of rotatable bonds is 2. The van der Waals surface area contributed by atoms with Gasteiger partial charge in [-0.1, -0.05) is 0 Å². The lowest BCUT2D eigenvalue weighted by Crippen LogP contribution is -2.21. The molecule has 5 heteroatoms. The fraction of sp³-hybridized carbons (Fsp3) is 0.389. The first kappa shape index (κ1) is 15.6. The summed E-state index contributed by atoms with van der Waals surface area (Å²) in [6, 6.07) is 4.78. The number of ether oxygens (including phenoxy) is 1. The van der Waals surface area contributed by atoms with Crippen molar-refractivity contribution in [3.63, 3.8) is 0 Å². The number of hydrogen-bond donors (Lipinski definition) is 1. The highest BCUT2D eigenvalue weighted by molar-refractivity contribution is 5.90. The summed E-state index contributed by atoms with van der Waals surface area (Å²) in [6.45, 7) is 3.76. The number of methoxy groups -OCH3 is 1. The van der Waals surface area contributed by atoms with Crippen LogP contribution in [0.25, 0.3) is 10.9 Å². The van der Waals surface area contributed by atoms with E-state index in [1.807, 2.05) is 6.20 Å². The van der Waals surface area contributed by atoms with E-state index < -0.39 is 0 Å². The largest absolute Gasteiger partial charge is 0.466 e. The van der Waals surface area contributed by atoms with Crippen molar-refractivity contribution in [2.45, 2.75) is 26.2 Å². The zero-order valence-electron chi connectivity index (χ0n) is 13.5. The van der Waals surface area contributed by atoms with Crippen molar-refractivity contribution in [2.75, 3.05) is 20.2 Å². The number of carbonyl (C=O) groups excluding carboxylic acids is 1. The SMILES string of the molecule is CCN1/C=C(/C(=O)OC)Cc2[nH]c3ccc(F)cc3c2CCC1. The fourth-order valence-corrected chi connectivity index (χ4v) is 3.20. The van der Waals surface area contributed by atoms with E-state index in [9.17, 15) is 9.18 Å². The van der Waals surface area contributed by atoms with Crippen LogP contribution in [0, 0.1) is 5.82 Å². The van der Waals surface area contributed by atoms with E-state index in [-0.39, 0.29) is 11.8 Å². The molecule has 1 N–H and O–H groups in total. The summed E-state index contributed by atoms with van der Waals surface area (Å²) in [5.41, 5.74) is 3.60. The number of aromatic amines is 1. The molecule has 2 aromatic rings. The zero-order chi connectivity index (χ0) is 16.4. The highest BCUT2D eigenvalue weighted by atomic mass is 19.1. The molecule has 23 heavy (non-hydrogen) atoms.